The van der Waals surface area contributed by atoms with E-state index < -0.39 is 0 Å². The molecule has 1 aliphatic carbocycles. The van der Waals surface area contributed by atoms with E-state index in [0.29, 0.717) is 19.8 Å². The number of ether oxygens (including phenoxy) is 1. The molecule has 1 aromatic heterocycles. The summed E-state index contributed by atoms with van der Waals surface area (Å²) in [7, 11) is 0. The number of aromatic amines is 1. The highest BCUT2D eigenvalue weighted by atomic mass is 16.5. The number of benzene rings is 1. The summed E-state index contributed by atoms with van der Waals surface area (Å²) in [6.07, 6.45) is 5.34. The predicted octanol–water partition coefficient (Wildman–Crippen LogP) is 2.06. The van der Waals surface area contributed by atoms with Crippen molar-refractivity contribution >= 4 is 0 Å². The van der Waals surface area contributed by atoms with Gasteiger partial charge in [-0.1, -0.05) is 30.3 Å². The van der Waals surface area contributed by atoms with Crippen molar-refractivity contribution in [2.45, 2.75) is 45.1 Å². The van der Waals surface area contributed by atoms with E-state index in [1.165, 1.54) is 5.56 Å². The van der Waals surface area contributed by atoms with Crippen LogP contribution in [0.1, 0.15) is 36.1 Å². The van der Waals surface area contributed by atoms with Crippen LogP contribution in [0.5, 0.6) is 0 Å². The first kappa shape index (κ1) is 16.7. The fourth-order valence-electron chi connectivity index (χ4n) is 3.29. The molecule has 5 nitrogen and oxygen atoms in total. The fourth-order valence-corrected chi connectivity index (χ4v) is 3.29. The Morgan fingerprint density at radius 3 is 2.67 bits per heavy atom. The standard InChI is InChI=1S/C19H24N2O3/c22-18-16-9-4-5-10-17(16)21(19(23)20-18)12-6-13-24-14-11-15-7-2-1-3-8-15/h1-3,7-8H,4-6,9-14H2,(H,20,22,23). The van der Waals surface area contributed by atoms with E-state index in [0.717, 1.165) is 49.8 Å². The normalized spacial score (nSPS) is 13.7. The Bertz CT molecular complexity index is 777. The molecular formula is C19H24N2O3. The van der Waals surface area contributed by atoms with Gasteiger partial charge >= 0.3 is 5.69 Å². The predicted molar refractivity (Wildman–Crippen MR) is 93.5 cm³/mol. The van der Waals surface area contributed by atoms with E-state index in [-0.39, 0.29) is 11.2 Å². The lowest BCUT2D eigenvalue weighted by Gasteiger charge is -2.19. The second kappa shape index (κ2) is 8.11. The molecular weight excluding hydrogens is 304 g/mol. The third-order valence-corrected chi connectivity index (χ3v) is 4.55. The molecule has 0 unspecified atom stereocenters. The van der Waals surface area contributed by atoms with Gasteiger partial charge in [-0.05, 0) is 44.1 Å². The van der Waals surface area contributed by atoms with Crippen molar-refractivity contribution in [1.29, 1.82) is 0 Å². The molecule has 0 radical (unpaired) electrons. The van der Waals surface area contributed by atoms with Gasteiger partial charge in [0, 0.05) is 24.4 Å². The Hall–Kier alpha value is -2.14. The Morgan fingerprint density at radius 2 is 1.83 bits per heavy atom. The zero-order chi connectivity index (χ0) is 16.8. The summed E-state index contributed by atoms with van der Waals surface area (Å²) in [5.41, 5.74) is 2.50. The Morgan fingerprint density at radius 1 is 1.04 bits per heavy atom. The van der Waals surface area contributed by atoms with Crippen molar-refractivity contribution < 1.29 is 4.74 Å². The zero-order valence-corrected chi connectivity index (χ0v) is 13.9. The number of nitrogens with zero attached hydrogens (tertiary/aromatic N) is 1. The lowest BCUT2D eigenvalue weighted by molar-refractivity contribution is 0.131. The van der Waals surface area contributed by atoms with Crippen molar-refractivity contribution in [2.24, 2.45) is 0 Å². The van der Waals surface area contributed by atoms with E-state index in [1.807, 2.05) is 18.2 Å². The first-order valence-corrected chi connectivity index (χ1v) is 8.72. The minimum atomic E-state index is -0.287. The van der Waals surface area contributed by atoms with Crippen LogP contribution in [0.15, 0.2) is 39.9 Å². The molecule has 0 saturated heterocycles. The van der Waals surface area contributed by atoms with Crippen LogP contribution < -0.4 is 11.2 Å². The average molecular weight is 328 g/mol. The molecule has 3 rings (SSSR count). The highest BCUT2D eigenvalue weighted by Crippen LogP contribution is 2.16. The third-order valence-electron chi connectivity index (χ3n) is 4.55. The lowest BCUT2D eigenvalue weighted by Crippen LogP contribution is -2.37. The van der Waals surface area contributed by atoms with Crippen LogP contribution in [0.3, 0.4) is 0 Å². The summed E-state index contributed by atoms with van der Waals surface area (Å²) < 4.78 is 7.41. The van der Waals surface area contributed by atoms with Crippen molar-refractivity contribution in [3.05, 3.63) is 68.0 Å². The molecule has 5 heteroatoms. The smallest absolute Gasteiger partial charge is 0.328 e. The van der Waals surface area contributed by atoms with Gasteiger partial charge < -0.3 is 4.74 Å². The summed E-state index contributed by atoms with van der Waals surface area (Å²) in [6, 6.07) is 10.3. The van der Waals surface area contributed by atoms with Crippen molar-refractivity contribution in [1.82, 2.24) is 9.55 Å². The first-order valence-electron chi connectivity index (χ1n) is 8.72. The number of hydrogen-bond acceptors (Lipinski definition) is 3. The van der Waals surface area contributed by atoms with Gasteiger partial charge in [-0.3, -0.25) is 14.3 Å². The summed E-state index contributed by atoms with van der Waals surface area (Å²) in [5, 5.41) is 0. The van der Waals surface area contributed by atoms with Crippen molar-refractivity contribution in [2.75, 3.05) is 13.2 Å². The molecule has 24 heavy (non-hydrogen) atoms. The van der Waals surface area contributed by atoms with Crippen LogP contribution in [0.4, 0.5) is 0 Å². The molecule has 2 aromatic rings. The molecule has 0 bridgehead atoms. The maximum Gasteiger partial charge on any atom is 0.328 e. The number of hydrogen-bond donors (Lipinski definition) is 1. The number of rotatable bonds is 7. The maximum absolute atomic E-state index is 12.1. The number of nitrogens with one attached hydrogen (secondary N) is 1. The largest absolute Gasteiger partial charge is 0.381 e. The van der Waals surface area contributed by atoms with Gasteiger partial charge in [0.05, 0.1) is 6.61 Å². The second-order valence-electron chi connectivity index (χ2n) is 6.24. The van der Waals surface area contributed by atoms with Gasteiger partial charge in [0.2, 0.25) is 0 Å². The Kier molecular flexibility index (Phi) is 5.64. The van der Waals surface area contributed by atoms with E-state index in [9.17, 15) is 9.59 Å². The summed E-state index contributed by atoms with van der Waals surface area (Å²) >= 11 is 0. The van der Waals surface area contributed by atoms with Crippen LogP contribution >= 0.6 is 0 Å². The third kappa shape index (κ3) is 4.03. The number of H-pyrrole nitrogens is 1. The first-order chi connectivity index (χ1) is 11.8. The van der Waals surface area contributed by atoms with Crippen LogP contribution in [-0.4, -0.2) is 22.8 Å². The highest BCUT2D eigenvalue weighted by molar-refractivity contribution is 5.20. The van der Waals surface area contributed by atoms with Crippen LogP contribution in [0, 0.1) is 0 Å². The molecule has 1 N–H and O–H groups in total. The van der Waals surface area contributed by atoms with Crippen LogP contribution in [0.2, 0.25) is 0 Å². The lowest BCUT2D eigenvalue weighted by atomic mass is 9.97. The minimum absolute atomic E-state index is 0.204. The van der Waals surface area contributed by atoms with Gasteiger partial charge in [0.25, 0.3) is 5.56 Å². The monoisotopic (exact) mass is 328 g/mol. The van der Waals surface area contributed by atoms with Crippen LogP contribution in [-0.2, 0) is 30.5 Å². The van der Waals surface area contributed by atoms with E-state index in [2.05, 4.69) is 17.1 Å². The Labute approximate surface area is 141 Å². The molecule has 0 spiro atoms. The van der Waals surface area contributed by atoms with Gasteiger partial charge in [-0.25, -0.2) is 4.79 Å². The SMILES string of the molecule is O=c1[nH]c(=O)n(CCCOCCc2ccccc2)c2c1CCCC2. The fraction of sp³-hybridized carbons (Fsp3) is 0.474. The van der Waals surface area contributed by atoms with Crippen molar-refractivity contribution in [3.8, 4) is 0 Å². The molecule has 1 aromatic carbocycles. The summed E-state index contributed by atoms with van der Waals surface area (Å²) in [4.78, 5) is 26.4. The van der Waals surface area contributed by atoms with Gasteiger partial charge in [0.15, 0.2) is 0 Å². The van der Waals surface area contributed by atoms with Crippen molar-refractivity contribution in [3.63, 3.8) is 0 Å². The molecule has 128 valence electrons. The summed E-state index contributed by atoms with van der Waals surface area (Å²) in [6.45, 7) is 1.90. The molecule has 0 atom stereocenters. The average Bonchev–Trinajstić information content (AvgIpc) is 2.61. The molecule has 0 amide bonds. The quantitative estimate of drug-likeness (QED) is 0.791. The molecule has 1 heterocycles. The number of fused-ring (bicyclic) bond motifs is 1. The topological polar surface area (TPSA) is 64.1 Å². The number of aromatic nitrogens is 2. The van der Waals surface area contributed by atoms with Gasteiger partial charge in [0.1, 0.15) is 0 Å². The summed E-state index contributed by atoms with van der Waals surface area (Å²) in [5.74, 6) is 0. The molecule has 0 fully saturated rings. The Balaban J connectivity index is 1.50. The second-order valence-corrected chi connectivity index (χ2v) is 6.24. The maximum atomic E-state index is 12.1. The molecule has 1 aliphatic rings. The zero-order valence-electron chi connectivity index (χ0n) is 13.9. The minimum Gasteiger partial charge on any atom is -0.381 e. The van der Waals surface area contributed by atoms with Gasteiger partial charge in [-0.2, -0.15) is 0 Å². The molecule has 0 saturated carbocycles. The van der Waals surface area contributed by atoms with Gasteiger partial charge in [-0.15, -0.1) is 0 Å². The van der Waals surface area contributed by atoms with Crippen LogP contribution in [0.25, 0.3) is 0 Å². The molecule has 0 aliphatic heterocycles. The van der Waals surface area contributed by atoms with E-state index in [1.54, 1.807) is 4.57 Å². The highest BCUT2D eigenvalue weighted by Gasteiger charge is 2.17. The van der Waals surface area contributed by atoms with E-state index >= 15 is 0 Å². The van der Waals surface area contributed by atoms with E-state index in [4.69, 9.17) is 4.74 Å².